The Balaban J connectivity index is 1.26. The summed E-state index contributed by atoms with van der Waals surface area (Å²) in [5, 5.41) is 21.1. The second-order valence-electron chi connectivity index (χ2n) is 11.0. The van der Waals surface area contributed by atoms with Gasteiger partial charge in [-0.15, -0.1) is 0 Å². The van der Waals surface area contributed by atoms with Gasteiger partial charge in [-0.05, 0) is 99.9 Å². The fourth-order valence-electron chi connectivity index (χ4n) is 6.01. The van der Waals surface area contributed by atoms with E-state index < -0.39 is 5.97 Å². The number of carbonyl (C=O) groups is 1. The molecular formula is C30H40N6O2. The number of aryl methyl sites for hydroxylation is 4. The molecule has 2 unspecified atom stereocenters. The molecule has 0 saturated carbocycles. The third kappa shape index (κ3) is 6.18. The number of anilines is 2. The van der Waals surface area contributed by atoms with Gasteiger partial charge in [0.15, 0.2) is 0 Å². The number of hydrogen-bond donors (Lipinski definition) is 3. The Labute approximate surface area is 225 Å². The first-order chi connectivity index (χ1) is 18.4. The molecule has 38 heavy (non-hydrogen) atoms. The zero-order valence-corrected chi connectivity index (χ0v) is 22.8. The highest BCUT2D eigenvalue weighted by Crippen LogP contribution is 2.31. The van der Waals surface area contributed by atoms with Crippen LogP contribution in [-0.2, 0) is 17.6 Å². The summed E-state index contributed by atoms with van der Waals surface area (Å²) in [5.41, 5.74) is 7.48. The Kier molecular flexibility index (Phi) is 7.98. The van der Waals surface area contributed by atoms with E-state index in [4.69, 9.17) is 4.98 Å². The van der Waals surface area contributed by atoms with Crippen LogP contribution in [0.4, 0.5) is 11.5 Å². The Bertz CT molecular complexity index is 1290. The van der Waals surface area contributed by atoms with Crippen LogP contribution in [0.1, 0.15) is 59.8 Å². The van der Waals surface area contributed by atoms with Crippen LogP contribution in [-0.4, -0.2) is 64.0 Å². The van der Waals surface area contributed by atoms with Crippen LogP contribution in [0.3, 0.4) is 0 Å². The van der Waals surface area contributed by atoms with Crippen molar-refractivity contribution in [3.63, 3.8) is 0 Å². The van der Waals surface area contributed by atoms with Crippen LogP contribution in [0, 0.1) is 19.8 Å². The monoisotopic (exact) mass is 516 g/mol. The highest BCUT2D eigenvalue weighted by atomic mass is 16.4. The minimum atomic E-state index is -0.764. The number of carboxylic acid groups (broad SMARTS) is 1. The molecule has 0 aliphatic carbocycles. The number of benzene rings is 1. The quantitative estimate of drug-likeness (QED) is 0.356. The number of pyridine rings is 1. The second-order valence-corrected chi connectivity index (χ2v) is 11.0. The van der Waals surface area contributed by atoms with Crippen molar-refractivity contribution in [3.05, 3.63) is 64.6 Å². The van der Waals surface area contributed by atoms with E-state index in [1.807, 2.05) is 25.6 Å². The van der Waals surface area contributed by atoms with E-state index in [2.05, 4.69) is 57.0 Å². The van der Waals surface area contributed by atoms with Crippen molar-refractivity contribution in [2.24, 2.45) is 5.92 Å². The first kappa shape index (κ1) is 26.2. The maximum atomic E-state index is 11.9. The predicted octanol–water partition coefficient (Wildman–Crippen LogP) is 4.80. The number of rotatable bonds is 10. The summed E-state index contributed by atoms with van der Waals surface area (Å²) in [4.78, 5) is 19.2. The van der Waals surface area contributed by atoms with Gasteiger partial charge < -0.3 is 20.6 Å². The van der Waals surface area contributed by atoms with E-state index in [-0.39, 0.29) is 12.3 Å². The number of nitrogens with zero attached hydrogens (tertiary/aromatic N) is 4. The van der Waals surface area contributed by atoms with Gasteiger partial charge in [-0.1, -0.05) is 6.07 Å². The van der Waals surface area contributed by atoms with Gasteiger partial charge in [-0.25, -0.2) is 9.67 Å². The summed E-state index contributed by atoms with van der Waals surface area (Å²) in [6, 6.07) is 12.7. The lowest BCUT2D eigenvalue weighted by Crippen LogP contribution is -2.28. The molecule has 0 radical (unpaired) electrons. The average molecular weight is 517 g/mol. The Morgan fingerprint density at radius 2 is 2.11 bits per heavy atom. The van der Waals surface area contributed by atoms with Crippen LogP contribution in [0.5, 0.6) is 0 Å². The molecule has 2 aliphatic heterocycles. The summed E-state index contributed by atoms with van der Waals surface area (Å²) in [5.74, 6) is 0.825. The third-order valence-electron chi connectivity index (χ3n) is 7.98. The van der Waals surface area contributed by atoms with Crippen LogP contribution >= 0.6 is 0 Å². The van der Waals surface area contributed by atoms with Crippen molar-refractivity contribution in [2.45, 2.75) is 58.3 Å². The number of aromatic nitrogens is 3. The maximum Gasteiger partial charge on any atom is 0.304 e. The lowest BCUT2D eigenvalue weighted by Gasteiger charge is -2.24. The van der Waals surface area contributed by atoms with E-state index in [1.54, 1.807) is 0 Å². The van der Waals surface area contributed by atoms with Crippen molar-refractivity contribution in [1.82, 2.24) is 19.7 Å². The third-order valence-corrected chi connectivity index (χ3v) is 7.98. The molecule has 3 aromatic rings. The molecule has 2 aromatic heterocycles. The Morgan fingerprint density at radius 1 is 1.24 bits per heavy atom. The van der Waals surface area contributed by atoms with Gasteiger partial charge in [-0.2, -0.15) is 5.10 Å². The van der Waals surface area contributed by atoms with Gasteiger partial charge in [0.2, 0.25) is 0 Å². The van der Waals surface area contributed by atoms with Gasteiger partial charge >= 0.3 is 5.97 Å². The molecule has 5 rings (SSSR count). The van der Waals surface area contributed by atoms with Crippen LogP contribution in [0.2, 0.25) is 0 Å². The van der Waals surface area contributed by atoms with E-state index in [1.165, 1.54) is 17.7 Å². The predicted molar refractivity (Wildman–Crippen MR) is 151 cm³/mol. The summed E-state index contributed by atoms with van der Waals surface area (Å²) < 4.78 is 1.94. The Hall–Kier alpha value is -3.39. The van der Waals surface area contributed by atoms with Gasteiger partial charge in [-0.3, -0.25) is 4.79 Å². The van der Waals surface area contributed by atoms with Crippen LogP contribution in [0.25, 0.3) is 5.69 Å². The molecule has 3 N–H and O–H groups in total. The minimum absolute atomic E-state index is 0.0938. The number of hydrogen-bond acceptors (Lipinski definition) is 6. The lowest BCUT2D eigenvalue weighted by atomic mass is 9.94. The molecule has 0 bridgehead atoms. The van der Waals surface area contributed by atoms with Crippen molar-refractivity contribution >= 4 is 17.5 Å². The summed E-state index contributed by atoms with van der Waals surface area (Å²) in [6.45, 7) is 7.81. The molecule has 0 amide bonds. The smallest absolute Gasteiger partial charge is 0.304 e. The van der Waals surface area contributed by atoms with Crippen molar-refractivity contribution in [2.75, 3.05) is 43.9 Å². The highest BCUT2D eigenvalue weighted by molar-refractivity contribution is 5.68. The van der Waals surface area contributed by atoms with E-state index in [0.29, 0.717) is 5.92 Å². The minimum Gasteiger partial charge on any atom is -0.481 e. The molecular weight excluding hydrogens is 476 g/mol. The SMILES string of the molecule is CNc1cc(C(CC(=O)O)CN2CCC(CCc3ccc4c(n3)NCCC4)C2)cc(-n2nc(C)cc2C)c1. The van der Waals surface area contributed by atoms with Crippen LogP contribution in [0.15, 0.2) is 36.4 Å². The first-order valence-electron chi connectivity index (χ1n) is 13.9. The van der Waals surface area contributed by atoms with E-state index in [0.717, 1.165) is 86.0 Å². The number of aliphatic carboxylic acids is 1. The fourth-order valence-corrected chi connectivity index (χ4v) is 6.01. The average Bonchev–Trinajstić information content (AvgIpc) is 3.51. The van der Waals surface area contributed by atoms with Crippen LogP contribution < -0.4 is 10.6 Å². The number of carboxylic acids is 1. The van der Waals surface area contributed by atoms with E-state index in [9.17, 15) is 9.90 Å². The topological polar surface area (TPSA) is 95.3 Å². The highest BCUT2D eigenvalue weighted by Gasteiger charge is 2.27. The normalized spacial score (nSPS) is 18.1. The second kappa shape index (κ2) is 11.6. The fraction of sp³-hybridized carbons (Fsp3) is 0.500. The molecule has 2 atom stereocenters. The van der Waals surface area contributed by atoms with Gasteiger partial charge in [0.05, 0.1) is 17.8 Å². The molecule has 8 heteroatoms. The zero-order chi connectivity index (χ0) is 26.6. The first-order valence-corrected chi connectivity index (χ1v) is 13.9. The molecule has 202 valence electrons. The largest absolute Gasteiger partial charge is 0.481 e. The summed E-state index contributed by atoms with van der Waals surface area (Å²) >= 11 is 0. The summed E-state index contributed by atoms with van der Waals surface area (Å²) in [7, 11) is 1.90. The molecule has 0 spiro atoms. The summed E-state index contributed by atoms with van der Waals surface area (Å²) in [6.07, 6.45) is 5.65. The Morgan fingerprint density at radius 3 is 2.87 bits per heavy atom. The van der Waals surface area contributed by atoms with Crippen molar-refractivity contribution < 1.29 is 9.90 Å². The maximum absolute atomic E-state index is 11.9. The van der Waals surface area contributed by atoms with Gasteiger partial charge in [0.25, 0.3) is 0 Å². The molecule has 8 nitrogen and oxygen atoms in total. The number of likely N-dealkylation sites (tertiary alicyclic amines) is 1. The van der Waals surface area contributed by atoms with Crippen molar-refractivity contribution in [1.29, 1.82) is 0 Å². The van der Waals surface area contributed by atoms with Gasteiger partial charge in [0, 0.05) is 49.7 Å². The molecule has 1 saturated heterocycles. The zero-order valence-electron chi connectivity index (χ0n) is 22.8. The number of fused-ring (bicyclic) bond motifs is 1. The standard InChI is InChI=1S/C30H40N6O2/c1-20-13-21(2)36(34-20)28-15-24(14-27(17-28)31-3)25(16-29(37)38)19-35-12-10-22(18-35)6-8-26-9-7-23-5-4-11-32-30(23)33-26/h7,9,13-15,17,22,25,31H,4-6,8,10-12,16,18-19H2,1-3H3,(H,32,33)(H,37,38). The van der Waals surface area contributed by atoms with E-state index >= 15 is 0 Å². The molecule has 1 aromatic carbocycles. The molecule has 1 fully saturated rings. The molecule has 2 aliphatic rings. The number of nitrogens with one attached hydrogen (secondary N) is 2. The van der Waals surface area contributed by atoms with Crippen molar-refractivity contribution in [3.8, 4) is 5.69 Å². The molecule has 4 heterocycles. The van der Waals surface area contributed by atoms with Gasteiger partial charge in [0.1, 0.15) is 5.82 Å². The lowest BCUT2D eigenvalue weighted by molar-refractivity contribution is -0.137.